The highest BCUT2D eigenvalue weighted by atomic mass is 16.6. The first-order chi connectivity index (χ1) is 10.1. The molecule has 0 aromatic heterocycles. The highest BCUT2D eigenvalue weighted by molar-refractivity contribution is 5.93. The van der Waals surface area contributed by atoms with Gasteiger partial charge in [0.15, 0.2) is 0 Å². The maximum absolute atomic E-state index is 12.3. The Bertz CT molecular complexity index is 512. The van der Waals surface area contributed by atoms with Gasteiger partial charge in [-0.05, 0) is 24.3 Å². The SMILES string of the molecule is C=CC[C@H](C)CC(=O)N1C(=O)OC[C@@H]1Cc1ccccc1. The molecule has 1 aliphatic rings. The van der Waals surface area contributed by atoms with Crippen molar-refractivity contribution < 1.29 is 14.3 Å². The molecule has 4 heteroatoms. The van der Waals surface area contributed by atoms with Crippen LogP contribution in [0.2, 0.25) is 0 Å². The van der Waals surface area contributed by atoms with Crippen LogP contribution in [0.3, 0.4) is 0 Å². The number of amides is 2. The molecular formula is C17H21NO3. The van der Waals surface area contributed by atoms with Crippen LogP contribution in [0.1, 0.15) is 25.3 Å². The van der Waals surface area contributed by atoms with E-state index in [0.29, 0.717) is 12.8 Å². The molecule has 1 heterocycles. The normalized spacial score (nSPS) is 19.2. The summed E-state index contributed by atoms with van der Waals surface area (Å²) in [5.74, 6) is 0.0218. The third-order valence-corrected chi connectivity index (χ3v) is 3.64. The van der Waals surface area contributed by atoms with Gasteiger partial charge in [-0.25, -0.2) is 9.69 Å². The van der Waals surface area contributed by atoms with Gasteiger partial charge in [-0.3, -0.25) is 4.79 Å². The van der Waals surface area contributed by atoms with Crippen molar-refractivity contribution in [3.63, 3.8) is 0 Å². The van der Waals surface area contributed by atoms with E-state index in [1.165, 1.54) is 4.90 Å². The number of carbonyl (C=O) groups excluding carboxylic acids is 2. The van der Waals surface area contributed by atoms with Gasteiger partial charge in [-0.2, -0.15) is 0 Å². The fraction of sp³-hybridized carbons (Fsp3) is 0.412. The third kappa shape index (κ3) is 3.94. The predicted octanol–water partition coefficient (Wildman–Crippen LogP) is 3.18. The van der Waals surface area contributed by atoms with Gasteiger partial charge < -0.3 is 4.74 Å². The number of rotatable bonds is 6. The van der Waals surface area contributed by atoms with E-state index in [4.69, 9.17) is 4.74 Å². The molecule has 0 N–H and O–H groups in total. The first-order valence-corrected chi connectivity index (χ1v) is 7.25. The Morgan fingerprint density at radius 3 is 2.86 bits per heavy atom. The Morgan fingerprint density at radius 1 is 1.48 bits per heavy atom. The summed E-state index contributed by atoms with van der Waals surface area (Å²) in [5.41, 5.74) is 1.10. The number of hydrogen-bond donors (Lipinski definition) is 0. The highest BCUT2D eigenvalue weighted by Gasteiger charge is 2.37. The summed E-state index contributed by atoms with van der Waals surface area (Å²) >= 11 is 0. The lowest BCUT2D eigenvalue weighted by molar-refractivity contribution is -0.130. The Labute approximate surface area is 125 Å². The molecule has 2 amide bonds. The van der Waals surface area contributed by atoms with Crippen LogP contribution in [0.4, 0.5) is 4.79 Å². The van der Waals surface area contributed by atoms with Crippen molar-refractivity contribution in [3.05, 3.63) is 48.6 Å². The second-order valence-electron chi connectivity index (χ2n) is 5.52. The average molecular weight is 287 g/mol. The molecule has 0 bridgehead atoms. The van der Waals surface area contributed by atoms with Gasteiger partial charge in [0.1, 0.15) is 6.61 Å². The number of nitrogens with zero attached hydrogens (tertiary/aromatic N) is 1. The van der Waals surface area contributed by atoms with Crippen LogP contribution < -0.4 is 0 Å². The first kappa shape index (κ1) is 15.3. The van der Waals surface area contributed by atoms with Gasteiger partial charge in [0, 0.05) is 6.42 Å². The van der Waals surface area contributed by atoms with Crippen molar-refractivity contribution in [2.45, 2.75) is 32.2 Å². The average Bonchev–Trinajstić information content (AvgIpc) is 2.81. The molecule has 1 fully saturated rings. The van der Waals surface area contributed by atoms with Crippen molar-refractivity contribution in [1.82, 2.24) is 4.90 Å². The van der Waals surface area contributed by atoms with Gasteiger partial charge in [0.2, 0.25) is 5.91 Å². The lowest BCUT2D eigenvalue weighted by Gasteiger charge is -2.21. The van der Waals surface area contributed by atoms with Gasteiger partial charge in [-0.1, -0.05) is 43.3 Å². The Hall–Kier alpha value is -2.10. The molecule has 0 radical (unpaired) electrons. The quantitative estimate of drug-likeness (QED) is 0.755. The second kappa shape index (κ2) is 7.07. The standard InChI is InChI=1S/C17H21NO3/c1-3-7-13(2)10-16(19)18-15(12-21-17(18)20)11-14-8-5-4-6-9-14/h3-6,8-9,13,15H,1,7,10-12H2,2H3/t13-,15-/m0/s1. The second-order valence-corrected chi connectivity index (χ2v) is 5.52. The first-order valence-electron chi connectivity index (χ1n) is 7.25. The number of carbonyl (C=O) groups is 2. The minimum Gasteiger partial charge on any atom is -0.447 e. The van der Waals surface area contributed by atoms with Crippen LogP contribution in [0.15, 0.2) is 43.0 Å². The van der Waals surface area contributed by atoms with Gasteiger partial charge in [0.05, 0.1) is 6.04 Å². The van der Waals surface area contributed by atoms with Crippen molar-refractivity contribution >= 4 is 12.0 Å². The van der Waals surface area contributed by atoms with Gasteiger partial charge >= 0.3 is 6.09 Å². The molecule has 0 spiro atoms. The summed E-state index contributed by atoms with van der Waals surface area (Å²) in [7, 11) is 0. The molecule has 2 rings (SSSR count). The highest BCUT2D eigenvalue weighted by Crippen LogP contribution is 2.20. The number of allylic oxidation sites excluding steroid dienone is 1. The monoisotopic (exact) mass is 287 g/mol. The zero-order chi connectivity index (χ0) is 15.2. The van der Waals surface area contributed by atoms with Gasteiger partial charge in [0.25, 0.3) is 0 Å². The number of hydrogen-bond acceptors (Lipinski definition) is 3. The molecule has 1 aromatic carbocycles. The third-order valence-electron chi connectivity index (χ3n) is 3.64. The maximum Gasteiger partial charge on any atom is 0.416 e. The lowest BCUT2D eigenvalue weighted by Crippen LogP contribution is -2.40. The van der Waals surface area contributed by atoms with E-state index < -0.39 is 6.09 Å². The van der Waals surface area contributed by atoms with Crippen LogP contribution in [0, 0.1) is 5.92 Å². The number of ether oxygens (including phenoxy) is 1. The van der Waals surface area contributed by atoms with E-state index in [2.05, 4.69) is 6.58 Å². The minimum absolute atomic E-state index is 0.159. The van der Waals surface area contributed by atoms with Crippen molar-refractivity contribution in [2.24, 2.45) is 5.92 Å². The zero-order valence-electron chi connectivity index (χ0n) is 12.3. The summed E-state index contributed by atoms with van der Waals surface area (Å²) in [5, 5.41) is 0. The lowest BCUT2D eigenvalue weighted by atomic mass is 10.0. The molecule has 112 valence electrons. The number of cyclic esters (lactones) is 1. The van der Waals surface area contributed by atoms with E-state index >= 15 is 0 Å². The maximum atomic E-state index is 12.3. The fourth-order valence-corrected chi connectivity index (χ4v) is 2.57. The van der Waals surface area contributed by atoms with Crippen LogP contribution in [0.25, 0.3) is 0 Å². The van der Waals surface area contributed by atoms with E-state index in [9.17, 15) is 9.59 Å². The van der Waals surface area contributed by atoms with Crippen molar-refractivity contribution in [3.8, 4) is 0 Å². The topological polar surface area (TPSA) is 46.6 Å². The molecular weight excluding hydrogens is 266 g/mol. The van der Waals surface area contributed by atoms with E-state index in [1.54, 1.807) is 6.08 Å². The van der Waals surface area contributed by atoms with Crippen LogP contribution in [0.5, 0.6) is 0 Å². The van der Waals surface area contributed by atoms with Crippen LogP contribution in [-0.2, 0) is 16.0 Å². The molecule has 0 saturated carbocycles. The predicted molar refractivity (Wildman–Crippen MR) is 80.7 cm³/mol. The van der Waals surface area contributed by atoms with Gasteiger partial charge in [-0.15, -0.1) is 6.58 Å². The van der Waals surface area contributed by atoms with E-state index in [0.717, 1.165) is 12.0 Å². The molecule has 0 unspecified atom stereocenters. The van der Waals surface area contributed by atoms with E-state index in [-0.39, 0.29) is 24.5 Å². The summed E-state index contributed by atoms with van der Waals surface area (Å²) in [6.07, 6.45) is 3.01. The summed E-state index contributed by atoms with van der Waals surface area (Å²) in [6.45, 7) is 5.93. The Kier molecular flexibility index (Phi) is 5.14. The molecule has 21 heavy (non-hydrogen) atoms. The zero-order valence-corrected chi connectivity index (χ0v) is 12.3. The molecule has 1 aromatic rings. The minimum atomic E-state index is -0.522. The van der Waals surface area contributed by atoms with Crippen LogP contribution in [-0.4, -0.2) is 29.5 Å². The Morgan fingerprint density at radius 2 is 2.19 bits per heavy atom. The molecule has 4 nitrogen and oxygen atoms in total. The molecule has 0 aliphatic carbocycles. The van der Waals surface area contributed by atoms with Crippen molar-refractivity contribution in [2.75, 3.05) is 6.61 Å². The summed E-state index contributed by atoms with van der Waals surface area (Å²) < 4.78 is 5.06. The Balaban J connectivity index is 2.02. The molecule has 2 atom stereocenters. The summed E-state index contributed by atoms with van der Waals surface area (Å²) in [4.78, 5) is 25.4. The van der Waals surface area contributed by atoms with Crippen LogP contribution >= 0.6 is 0 Å². The number of imide groups is 1. The fourth-order valence-electron chi connectivity index (χ4n) is 2.57. The molecule has 1 aliphatic heterocycles. The number of benzene rings is 1. The van der Waals surface area contributed by atoms with Crippen molar-refractivity contribution in [1.29, 1.82) is 0 Å². The largest absolute Gasteiger partial charge is 0.447 e. The smallest absolute Gasteiger partial charge is 0.416 e. The molecule has 1 saturated heterocycles. The van der Waals surface area contributed by atoms with E-state index in [1.807, 2.05) is 37.3 Å². The summed E-state index contributed by atoms with van der Waals surface area (Å²) in [6, 6.07) is 9.62.